The third-order valence-electron chi connectivity index (χ3n) is 3.70. The Morgan fingerprint density at radius 1 is 1.13 bits per heavy atom. The van der Waals surface area contributed by atoms with Gasteiger partial charge in [0.15, 0.2) is 0 Å². The molecule has 0 fully saturated rings. The van der Waals surface area contributed by atoms with Crippen LogP contribution >= 0.6 is 0 Å². The van der Waals surface area contributed by atoms with E-state index in [-0.39, 0.29) is 5.91 Å². The molecule has 2 rings (SSSR count). The van der Waals surface area contributed by atoms with Crippen LogP contribution in [0.25, 0.3) is 0 Å². The van der Waals surface area contributed by atoms with Crippen molar-refractivity contribution in [3.63, 3.8) is 0 Å². The van der Waals surface area contributed by atoms with Crippen molar-refractivity contribution in [1.82, 2.24) is 0 Å². The summed E-state index contributed by atoms with van der Waals surface area (Å²) in [4.78, 5) is 12.3. The Bertz CT molecular complexity index is 685. The van der Waals surface area contributed by atoms with E-state index in [1.54, 1.807) is 7.11 Å². The van der Waals surface area contributed by atoms with Gasteiger partial charge in [0, 0.05) is 5.69 Å². The first-order chi connectivity index (χ1) is 11.2. The van der Waals surface area contributed by atoms with Crippen LogP contribution in [-0.4, -0.2) is 13.0 Å². The summed E-state index contributed by atoms with van der Waals surface area (Å²) in [6, 6.07) is 17.1. The summed E-state index contributed by atoms with van der Waals surface area (Å²) in [5, 5.41) is 12.1. The normalized spacial score (nSPS) is 11.3. The third kappa shape index (κ3) is 4.58. The summed E-state index contributed by atoms with van der Waals surface area (Å²) in [6.45, 7) is 2.08. The molecule has 0 bridgehead atoms. The van der Waals surface area contributed by atoms with Gasteiger partial charge in [-0.05, 0) is 48.2 Å². The summed E-state index contributed by atoms with van der Waals surface area (Å²) < 4.78 is 5.10. The standard InChI is InChI=1S/C19H20N2O2/c1-3-14-4-8-17(9-5-14)21-19(22)16(13-20)12-15-6-10-18(23-2)11-7-15/h4-11,16H,3,12H2,1-2H3,(H,21,22)/t16-/m1/s1. The molecular formula is C19H20N2O2. The second kappa shape index (κ2) is 8.00. The lowest BCUT2D eigenvalue weighted by Gasteiger charge is -2.11. The lowest BCUT2D eigenvalue weighted by atomic mass is 9.99. The molecule has 0 saturated heterocycles. The fourth-order valence-corrected chi connectivity index (χ4v) is 2.25. The molecule has 0 aliphatic heterocycles. The van der Waals surface area contributed by atoms with Crippen molar-refractivity contribution in [2.75, 3.05) is 12.4 Å². The molecule has 1 N–H and O–H groups in total. The average molecular weight is 308 g/mol. The SMILES string of the molecule is CCc1ccc(NC(=O)[C@@H](C#N)Cc2ccc(OC)cc2)cc1. The van der Waals surface area contributed by atoms with Gasteiger partial charge in [-0.1, -0.05) is 31.2 Å². The van der Waals surface area contributed by atoms with Crippen molar-refractivity contribution in [3.05, 3.63) is 59.7 Å². The first kappa shape index (κ1) is 16.6. The predicted octanol–water partition coefficient (Wildman–Crippen LogP) is 3.58. The summed E-state index contributed by atoms with van der Waals surface area (Å²) in [5.41, 5.74) is 2.84. The summed E-state index contributed by atoms with van der Waals surface area (Å²) in [7, 11) is 1.60. The molecule has 2 aromatic carbocycles. The lowest BCUT2D eigenvalue weighted by molar-refractivity contribution is -0.118. The Morgan fingerprint density at radius 2 is 1.74 bits per heavy atom. The number of methoxy groups -OCH3 is 1. The summed E-state index contributed by atoms with van der Waals surface area (Å²) in [6.07, 6.45) is 1.33. The monoisotopic (exact) mass is 308 g/mol. The number of ether oxygens (including phenoxy) is 1. The van der Waals surface area contributed by atoms with Gasteiger partial charge in [0.25, 0.3) is 0 Å². The van der Waals surface area contributed by atoms with Crippen LogP contribution in [-0.2, 0) is 17.6 Å². The van der Waals surface area contributed by atoms with Gasteiger partial charge in [-0.25, -0.2) is 0 Å². The number of hydrogen-bond donors (Lipinski definition) is 1. The van der Waals surface area contributed by atoms with E-state index in [9.17, 15) is 10.1 Å². The average Bonchev–Trinajstić information content (AvgIpc) is 2.60. The number of rotatable bonds is 6. The minimum absolute atomic E-state index is 0.285. The molecule has 0 heterocycles. The molecule has 0 unspecified atom stereocenters. The molecule has 0 saturated carbocycles. The minimum Gasteiger partial charge on any atom is -0.497 e. The fourth-order valence-electron chi connectivity index (χ4n) is 2.25. The lowest BCUT2D eigenvalue weighted by Crippen LogP contribution is -2.23. The maximum atomic E-state index is 12.3. The van der Waals surface area contributed by atoms with Crippen molar-refractivity contribution < 1.29 is 9.53 Å². The number of nitrogens with zero attached hydrogens (tertiary/aromatic N) is 1. The van der Waals surface area contributed by atoms with Crippen molar-refractivity contribution in [2.45, 2.75) is 19.8 Å². The van der Waals surface area contributed by atoms with Crippen LogP contribution < -0.4 is 10.1 Å². The molecule has 118 valence electrons. The zero-order valence-electron chi connectivity index (χ0n) is 13.4. The smallest absolute Gasteiger partial charge is 0.242 e. The first-order valence-electron chi connectivity index (χ1n) is 7.58. The van der Waals surface area contributed by atoms with Crippen LogP contribution in [0.15, 0.2) is 48.5 Å². The molecule has 0 radical (unpaired) electrons. The predicted molar refractivity (Wildman–Crippen MR) is 90.3 cm³/mol. The molecule has 2 aromatic rings. The quantitative estimate of drug-likeness (QED) is 0.887. The van der Waals surface area contributed by atoms with Gasteiger partial charge in [0.05, 0.1) is 13.2 Å². The van der Waals surface area contributed by atoms with Crippen LogP contribution in [0.5, 0.6) is 5.75 Å². The topological polar surface area (TPSA) is 62.1 Å². The number of amides is 1. The molecule has 0 aromatic heterocycles. The van der Waals surface area contributed by atoms with E-state index in [4.69, 9.17) is 4.74 Å². The summed E-state index contributed by atoms with van der Waals surface area (Å²) in [5.74, 6) is -0.260. The highest BCUT2D eigenvalue weighted by atomic mass is 16.5. The maximum absolute atomic E-state index is 12.3. The Kier molecular flexibility index (Phi) is 5.76. The highest BCUT2D eigenvalue weighted by molar-refractivity contribution is 5.94. The Morgan fingerprint density at radius 3 is 2.26 bits per heavy atom. The first-order valence-corrected chi connectivity index (χ1v) is 7.58. The van der Waals surface area contributed by atoms with Gasteiger partial charge in [0.2, 0.25) is 5.91 Å². The van der Waals surface area contributed by atoms with Gasteiger partial charge >= 0.3 is 0 Å². The zero-order chi connectivity index (χ0) is 16.7. The number of carbonyl (C=O) groups excluding carboxylic acids is 1. The van der Waals surface area contributed by atoms with Gasteiger partial charge in [-0.15, -0.1) is 0 Å². The molecule has 4 heteroatoms. The molecule has 0 spiro atoms. The fraction of sp³-hybridized carbons (Fsp3) is 0.263. The van der Waals surface area contributed by atoms with E-state index in [1.165, 1.54) is 5.56 Å². The van der Waals surface area contributed by atoms with Gasteiger partial charge in [-0.2, -0.15) is 5.26 Å². The highest BCUT2D eigenvalue weighted by Crippen LogP contribution is 2.16. The van der Waals surface area contributed by atoms with Crippen molar-refractivity contribution >= 4 is 11.6 Å². The van der Waals surface area contributed by atoms with Gasteiger partial charge in [0.1, 0.15) is 11.7 Å². The number of nitriles is 1. The van der Waals surface area contributed by atoms with Crippen molar-refractivity contribution in [3.8, 4) is 11.8 Å². The molecule has 0 aliphatic carbocycles. The molecule has 1 amide bonds. The second-order valence-corrected chi connectivity index (χ2v) is 5.27. The van der Waals surface area contributed by atoms with Crippen LogP contribution in [0.2, 0.25) is 0 Å². The van der Waals surface area contributed by atoms with E-state index in [2.05, 4.69) is 18.3 Å². The van der Waals surface area contributed by atoms with Crippen LogP contribution in [0.4, 0.5) is 5.69 Å². The number of hydrogen-bond acceptors (Lipinski definition) is 3. The maximum Gasteiger partial charge on any atom is 0.242 e. The van der Waals surface area contributed by atoms with E-state index < -0.39 is 5.92 Å². The minimum atomic E-state index is -0.728. The van der Waals surface area contributed by atoms with Gasteiger partial charge < -0.3 is 10.1 Å². The molecule has 0 aliphatic rings. The van der Waals surface area contributed by atoms with Crippen molar-refractivity contribution in [1.29, 1.82) is 5.26 Å². The highest BCUT2D eigenvalue weighted by Gasteiger charge is 2.18. The van der Waals surface area contributed by atoms with Crippen LogP contribution in [0, 0.1) is 17.2 Å². The van der Waals surface area contributed by atoms with Crippen LogP contribution in [0.3, 0.4) is 0 Å². The Labute approximate surface area is 136 Å². The van der Waals surface area contributed by atoms with E-state index in [1.807, 2.05) is 48.5 Å². The number of carbonyl (C=O) groups is 1. The number of aryl methyl sites for hydroxylation is 1. The largest absolute Gasteiger partial charge is 0.497 e. The third-order valence-corrected chi connectivity index (χ3v) is 3.70. The zero-order valence-corrected chi connectivity index (χ0v) is 13.4. The van der Waals surface area contributed by atoms with Gasteiger partial charge in [-0.3, -0.25) is 4.79 Å². The van der Waals surface area contributed by atoms with E-state index in [0.717, 1.165) is 17.7 Å². The number of nitrogens with one attached hydrogen (secondary N) is 1. The molecule has 23 heavy (non-hydrogen) atoms. The van der Waals surface area contributed by atoms with E-state index in [0.29, 0.717) is 12.1 Å². The Balaban J connectivity index is 2.01. The van der Waals surface area contributed by atoms with Crippen molar-refractivity contribution in [2.24, 2.45) is 5.92 Å². The second-order valence-electron chi connectivity index (χ2n) is 5.27. The molecule has 4 nitrogen and oxygen atoms in total. The number of benzene rings is 2. The van der Waals surface area contributed by atoms with Crippen LogP contribution in [0.1, 0.15) is 18.1 Å². The van der Waals surface area contributed by atoms with E-state index >= 15 is 0 Å². The molecule has 1 atom stereocenters. The Hall–Kier alpha value is -2.80. The molecular weight excluding hydrogens is 288 g/mol. The number of anilines is 1. The summed E-state index contributed by atoms with van der Waals surface area (Å²) >= 11 is 0.